The van der Waals surface area contributed by atoms with Gasteiger partial charge in [0.1, 0.15) is 0 Å². The molecule has 1 amide bonds. The highest BCUT2D eigenvalue weighted by Crippen LogP contribution is 2.30. The van der Waals surface area contributed by atoms with Crippen LogP contribution in [-0.2, 0) is 13.2 Å². The van der Waals surface area contributed by atoms with Crippen molar-refractivity contribution in [3.05, 3.63) is 74.8 Å². The van der Waals surface area contributed by atoms with Crippen LogP contribution in [0.4, 0.5) is 0 Å². The van der Waals surface area contributed by atoms with Crippen LogP contribution in [0.5, 0.6) is 0 Å². The van der Waals surface area contributed by atoms with Gasteiger partial charge in [-0.1, -0.05) is 29.5 Å². The zero-order chi connectivity index (χ0) is 20.5. The molecule has 0 spiro atoms. The molecule has 3 aromatic rings. The summed E-state index contributed by atoms with van der Waals surface area (Å²) in [5.41, 5.74) is 3.53. The van der Waals surface area contributed by atoms with E-state index in [1.54, 1.807) is 6.20 Å². The van der Waals surface area contributed by atoms with Crippen LogP contribution in [0.3, 0.4) is 0 Å². The summed E-state index contributed by atoms with van der Waals surface area (Å²) in [6.45, 7) is 1.29. The second-order valence-corrected chi connectivity index (χ2v) is 8.91. The van der Waals surface area contributed by atoms with Gasteiger partial charge < -0.3 is 5.32 Å². The Bertz CT molecular complexity index is 1080. The van der Waals surface area contributed by atoms with E-state index in [4.69, 9.17) is 0 Å². The molecule has 0 bridgehead atoms. The molecule has 154 valence electrons. The van der Waals surface area contributed by atoms with Crippen LogP contribution in [0.1, 0.15) is 41.6 Å². The normalized spacial score (nSPS) is 16.0. The molecule has 2 heterocycles. The van der Waals surface area contributed by atoms with Crippen LogP contribution in [0.25, 0.3) is 11.4 Å². The second kappa shape index (κ2) is 8.16. The minimum absolute atomic E-state index is 0.00734. The van der Waals surface area contributed by atoms with Gasteiger partial charge in [0.25, 0.3) is 5.91 Å². The Morgan fingerprint density at radius 2 is 1.93 bits per heavy atom. The SMILES string of the molecule is O=C(NC1CC1)c1ccc(CN(Cn2c(-c3ccccn3)csc2=O)C2CC2)cc1. The van der Waals surface area contributed by atoms with Gasteiger partial charge in [0.05, 0.1) is 18.1 Å². The molecular formula is C23H24N4O2S. The van der Waals surface area contributed by atoms with E-state index in [-0.39, 0.29) is 10.8 Å². The van der Waals surface area contributed by atoms with Gasteiger partial charge in [-0.3, -0.25) is 24.0 Å². The minimum Gasteiger partial charge on any atom is -0.349 e. The maximum atomic E-state index is 12.5. The fraction of sp³-hybridized carbons (Fsp3) is 0.348. The number of hydrogen-bond acceptors (Lipinski definition) is 5. The third kappa shape index (κ3) is 4.37. The predicted molar refractivity (Wildman–Crippen MR) is 117 cm³/mol. The van der Waals surface area contributed by atoms with Gasteiger partial charge in [-0.05, 0) is 55.5 Å². The summed E-state index contributed by atoms with van der Waals surface area (Å²) < 4.78 is 1.82. The molecule has 6 nitrogen and oxygen atoms in total. The van der Waals surface area contributed by atoms with Crippen molar-refractivity contribution in [2.24, 2.45) is 0 Å². The Labute approximate surface area is 179 Å². The van der Waals surface area contributed by atoms with E-state index in [0.717, 1.165) is 49.2 Å². The molecule has 2 aromatic heterocycles. The lowest BCUT2D eigenvalue weighted by Crippen LogP contribution is -2.32. The first-order chi connectivity index (χ1) is 14.7. The van der Waals surface area contributed by atoms with Crippen LogP contribution in [0.15, 0.2) is 58.8 Å². The summed E-state index contributed by atoms with van der Waals surface area (Å²) >= 11 is 1.22. The average Bonchev–Trinajstić information content (AvgIpc) is 3.69. The van der Waals surface area contributed by atoms with Gasteiger partial charge in [-0.25, -0.2) is 0 Å². The van der Waals surface area contributed by atoms with E-state index in [1.807, 2.05) is 52.4 Å². The lowest BCUT2D eigenvalue weighted by molar-refractivity contribution is 0.0951. The number of carbonyl (C=O) groups is 1. The maximum Gasteiger partial charge on any atom is 0.308 e. The molecular weight excluding hydrogens is 396 g/mol. The fourth-order valence-electron chi connectivity index (χ4n) is 3.59. The quantitative estimate of drug-likeness (QED) is 0.606. The Kier molecular flexibility index (Phi) is 5.23. The van der Waals surface area contributed by atoms with Gasteiger partial charge in [0, 0.05) is 35.8 Å². The number of carbonyl (C=O) groups excluding carboxylic acids is 1. The Morgan fingerprint density at radius 3 is 2.60 bits per heavy atom. The van der Waals surface area contributed by atoms with Gasteiger partial charge in [-0.15, -0.1) is 0 Å². The molecule has 0 saturated heterocycles. The number of amides is 1. The lowest BCUT2D eigenvalue weighted by atomic mass is 10.1. The van der Waals surface area contributed by atoms with E-state index < -0.39 is 0 Å². The highest BCUT2D eigenvalue weighted by atomic mass is 32.1. The highest BCUT2D eigenvalue weighted by Gasteiger charge is 2.30. The molecule has 1 N–H and O–H groups in total. The predicted octanol–water partition coefficient (Wildman–Crippen LogP) is 3.49. The molecule has 0 atom stereocenters. The van der Waals surface area contributed by atoms with E-state index >= 15 is 0 Å². The minimum atomic E-state index is 0.00734. The molecule has 0 aliphatic heterocycles. The van der Waals surface area contributed by atoms with E-state index in [1.165, 1.54) is 11.3 Å². The first-order valence-corrected chi connectivity index (χ1v) is 11.3. The highest BCUT2D eigenvalue weighted by molar-refractivity contribution is 7.07. The lowest BCUT2D eigenvalue weighted by Gasteiger charge is -2.23. The van der Waals surface area contributed by atoms with E-state index in [9.17, 15) is 9.59 Å². The molecule has 2 saturated carbocycles. The zero-order valence-corrected chi connectivity index (χ0v) is 17.5. The first-order valence-electron chi connectivity index (χ1n) is 10.4. The van der Waals surface area contributed by atoms with Crippen molar-refractivity contribution in [3.8, 4) is 11.4 Å². The maximum absolute atomic E-state index is 12.5. The molecule has 7 heteroatoms. The zero-order valence-electron chi connectivity index (χ0n) is 16.7. The van der Waals surface area contributed by atoms with E-state index in [2.05, 4.69) is 15.2 Å². The number of benzene rings is 1. The van der Waals surface area contributed by atoms with Crippen molar-refractivity contribution in [2.45, 2.75) is 51.0 Å². The molecule has 0 unspecified atom stereocenters. The number of nitrogens with one attached hydrogen (secondary N) is 1. The number of pyridine rings is 1. The summed E-state index contributed by atoms with van der Waals surface area (Å²) in [7, 11) is 0. The standard InChI is InChI=1S/C23H24N4O2S/c28-22(25-18-8-9-18)17-6-4-16(5-7-17)13-26(19-10-11-19)15-27-21(14-30-23(27)29)20-3-1-2-12-24-20/h1-7,12,14,18-19H,8-11,13,15H2,(H,25,28). The monoisotopic (exact) mass is 420 g/mol. The summed E-state index contributed by atoms with van der Waals surface area (Å²) in [5.74, 6) is 0.00734. The third-order valence-corrected chi connectivity index (χ3v) is 6.37. The molecule has 2 aliphatic rings. The van der Waals surface area contributed by atoms with E-state index in [0.29, 0.717) is 24.3 Å². The largest absolute Gasteiger partial charge is 0.349 e. The third-order valence-electron chi connectivity index (χ3n) is 5.61. The molecule has 5 rings (SSSR count). The van der Waals surface area contributed by atoms with Crippen molar-refractivity contribution >= 4 is 17.2 Å². The molecule has 30 heavy (non-hydrogen) atoms. The smallest absolute Gasteiger partial charge is 0.308 e. The van der Waals surface area contributed by atoms with Crippen molar-refractivity contribution in [2.75, 3.05) is 0 Å². The number of rotatable bonds is 8. The van der Waals surface area contributed by atoms with Crippen LogP contribution in [0, 0.1) is 0 Å². The molecule has 2 fully saturated rings. The van der Waals surface area contributed by atoms with Gasteiger partial charge in [0.2, 0.25) is 0 Å². The van der Waals surface area contributed by atoms with Crippen molar-refractivity contribution in [3.63, 3.8) is 0 Å². The fourth-order valence-corrected chi connectivity index (χ4v) is 4.33. The second-order valence-electron chi connectivity index (χ2n) is 8.09. The first kappa shape index (κ1) is 19.2. The number of hydrogen-bond donors (Lipinski definition) is 1. The Morgan fingerprint density at radius 1 is 1.13 bits per heavy atom. The number of aromatic nitrogens is 2. The van der Waals surface area contributed by atoms with Crippen LogP contribution < -0.4 is 10.2 Å². The van der Waals surface area contributed by atoms with Gasteiger partial charge in [0.15, 0.2) is 0 Å². The van der Waals surface area contributed by atoms with Crippen LogP contribution in [0.2, 0.25) is 0 Å². The van der Waals surface area contributed by atoms with Crippen molar-refractivity contribution < 1.29 is 4.79 Å². The van der Waals surface area contributed by atoms with Gasteiger partial charge in [-0.2, -0.15) is 0 Å². The molecule has 2 aliphatic carbocycles. The molecule has 1 aromatic carbocycles. The Balaban J connectivity index is 1.32. The average molecular weight is 421 g/mol. The summed E-state index contributed by atoms with van der Waals surface area (Å²) in [6.07, 6.45) is 6.23. The van der Waals surface area contributed by atoms with Crippen molar-refractivity contribution in [1.29, 1.82) is 0 Å². The summed E-state index contributed by atoms with van der Waals surface area (Å²) in [4.78, 5) is 31.5. The molecule has 0 radical (unpaired) electrons. The van der Waals surface area contributed by atoms with Gasteiger partial charge >= 0.3 is 4.87 Å². The number of thiazole rings is 1. The summed E-state index contributed by atoms with van der Waals surface area (Å²) in [5, 5.41) is 4.92. The number of nitrogens with zero attached hydrogens (tertiary/aromatic N) is 3. The van der Waals surface area contributed by atoms with Crippen LogP contribution in [-0.4, -0.2) is 32.4 Å². The Hall–Kier alpha value is -2.77. The summed E-state index contributed by atoms with van der Waals surface area (Å²) in [6, 6.07) is 14.4. The van der Waals surface area contributed by atoms with Crippen molar-refractivity contribution in [1.82, 2.24) is 19.8 Å². The van der Waals surface area contributed by atoms with Crippen LogP contribution >= 0.6 is 11.3 Å². The topological polar surface area (TPSA) is 67.2 Å².